The first-order valence-electron chi connectivity index (χ1n) is 12.4. The van der Waals surface area contributed by atoms with E-state index in [9.17, 15) is 14.0 Å². The van der Waals surface area contributed by atoms with Gasteiger partial charge in [0.2, 0.25) is 5.91 Å². The zero-order valence-electron chi connectivity index (χ0n) is 19.8. The summed E-state index contributed by atoms with van der Waals surface area (Å²) in [5.74, 6) is -0.307. The minimum atomic E-state index is -0.327. The van der Waals surface area contributed by atoms with Crippen molar-refractivity contribution in [1.82, 2.24) is 25.6 Å². The molecule has 0 saturated carbocycles. The van der Waals surface area contributed by atoms with Gasteiger partial charge >= 0.3 is 0 Å². The van der Waals surface area contributed by atoms with Crippen LogP contribution in [0, 0.1) is 5.82 Å². The van der Waals surface area contributed by atoms with E-state index < -0.39 is 0 Å². The van der Waals surface area contributed by atoms with Crippen LogP contribution in [-0.4, -0.2) is 58.3 Å². The number of nitrogens with one attached hydrogen (secondary N) is 2. The number of likely N-dealkylation sites (tertiary alicyclic amines) is 1. The van der Waals surface area contributed by atoms with E-state index in [1.807, 2.05) is 17.3 Å². The maximum atomic E-state index is 13.2. The fourth-order valence-corrected chi connectivity index (χ4v) is 5.13. The van der Waals surface area contributed by atoms with Gasteiger partial charge < -0.3 is 15.2 Å². The SMILES string of the molecule is O=C(CCN1C=CN2NC(c3ccc(F)cc3)CC2C1=O)NC1CCN(Cc2ccccc2)CC1. The summed E-state index contributed by atoms with van der Waals surface area (Å²) in [6, 6.07) is 16.6. The molecule has 35 heavy (non-hydrogen) atoms. The van der Waals surface area contributed by atoms with E-state index >= 15 is 0 Å². The summed E-state index contributed by atoms with van der Waals surface area (Å²) in [6.07, 6.45) is 6.33. The summed E-state index contributed by atoms with van der Waals surface area (Å²) >= 11 is 0. The van der Waals surface area contributed by atoms with Crippen molar-refractivity contribution in [1.29, 1.82) is 0 Å². The molecule has 8 heteroatoms. The Bertz CT molecular complexity index is 1050. The van der Waals surface area contributed by atoms with Crippen LogP contribution in [0.25, 0.3) is 0 Å². The number of carbonyl (C=O) groups excluding carboxylic acids is 2. The smallest absolute Gasteiger partial charge is 0.250 e. The Hall–Kier alpha value is -3.23. The van der Waals surface area contributed by atoms with E-state index in [0.29, 0.717) is 13.0 Å². The first-order chi connectivity index (χ1) is 17.0. The van der Waals surface area contributed by atoms with Crippen LogP contribution < -0.4 is 10.7 Å². The highest BCUT2D eigenvalue weighted by Gasteiger charge is 2.40. The van der Waals surface area contributed by atoms with Crippen molar-refractivity contribution in [3.8, 4) is 0 Å². The molecule has 2 amide bonds. The zero-order valence-corrected chi connectivity index (χ0v) is 19.8. The Kier molecular flexibility index (Phi) is 7.11. The molecule has 2 aromatic carbocycles. The normalized spacial score (nSPS) is 22.9. The molecular weight excluding hydrogens is 445 g/mol. The van der Waals surface area contributed by atoms with E-state index in [0.717, 1.165) is 38.0 Å². The third-order valence-corrected chi connectivity index (χ3v) is 7.13. The van der Waals surface area contributed by atoms with Gasteiger partial charge in [0.05, 0.1) is 6.04 Å². The van der Waals surface area contributed by atoms with Crippen LogP contribution in [0.1, 0.15) is 42.9 Å². The fourth-order valence-electron chi connectivity index (χ4n) is 5.13. The summed E-state index contributed by atoms with van der Waals surface area (Å²) in [7, 11) is 0. The fraction of sp³-hybridized carbons (Fsp3) is 0.407. The molecule has 0 radical (unpaired) electrons. The number of rotatable bonds is 7. The standard InChI is InChI=1S/C27H32FN5O2/c28-22-8-6-21(7-9-22)24-18-25-27(35)32(16-17-33(25)30-24)15-12-26(34)29-23-10-13-31(14-11-23)19-20-4-2-1-3-5-20/h1-9,16-17,23-25,30H,10-15,18-19H2,(H,29,34). The molecule has 2 aromatic rings. The topological polar surface area (TPSA) is 67.9 Å². The number of hydrogen-bond acceptors (Lipinski definition) is 5. The highest BCUT2D eigenvalue weighted by atomic mass is 19.1. The van der Waals surface area contributed by atoms with E-state index in [2.05, 4.69) is 39.9 Å². The Morgan fingerprint density at radius 1 is 1.03 bits per heavy atom. The summed E-state index contributed by atoms with van der Waals surface area (Å²) in [4.78, 5) is 29.7. The van der Waals surface area contributed by atoms with E-state index in [1.54, 1.807) is 23.2 Å². The largest absolute Gasteiger partial charge is 0.353 e. The maximum absolute atomic E-state index is 13.2. The molecule has 0 aliphatic carbocycles. The first kappa shape index (κ1) is 23.5. The van der Waals surface area contributed by atoms with Crippen molar-refractivity contribution < 1.29 is 14.0 Å². The van der Waals surface area contributed by atoms with Gasteiger partial charge in [-0.15, -0.1) is 0 Å². The molecule has 0 aromatic heterocycles. The number of fused-ring (bicyclic) bond motifs is 1. The van der Waals surface area contributed by atoms with Crippen LogP contribution in [0.3, 0.4) is 0 Å². The first-order valence-corrected chi connectivity index (χ1v) is 12.4. The molecule has 2 N–H and O–H groups in total. The quantitative estimate of drug-likeness (QED) is 0.642. The highest BCUT2D eigenvalue weighted by molar-refractivity contribution is 5.85. The molecule has 2 atom stereocenters. The third-order valence-electron chi connectivity index (χ3n) is 7.13. The van der Waals surface area contributed by atoms with Crippen LogP contribution >= 0.6 is 0 Å². The molecule has 0 bridgehead atoms. The number of hydrogen-bond donors (Lipinski definition) is 2. The zero-order chi connectivity index (χ0) is 24.2. The monoisotopic (exact) mass is 477 g/mol. The molecule has 3 heterocycles. The average Bonchev–Trinajstić information content (AvgIpc) is 3.31. The minimum Gasteiger partial charge on any atom is -0.353 e. The number of piperidine rings is 1. The second kappa shape index (κ2) is 10.6. The Morgan fingerprint density at radius 2 is 1.77 bits per heavy atom. The van der Waals surface area contributed by atoms with Crippen LogP contribution in [0.2, 0.25) is 0 Å². The maximum Gasteiger partial charge on any atom is 0.250 e. The van der Waals surface area contributed by atoms with Crippen molar-refractivity contribution in [3.63, 3.8) is 0 Å². The number of amides is 2. The lowest BCUT2D eigenvalue weighted by Gasteiger charge is -2.33. The summed E-state index contributed by atoms with van der Waals surface area (Å²) < 4.78 is 13.2. The van der Waals surface area contributed by atoms with Gasteiger partial charge in [-0.2, -0.15) is 0 Å². The lowest BCUT2D eigenvalue weighted by Crippen LogP contribution is -2.49. The van der Waals surface area contributed by atoms with Gasteiger partial charge in [0.1, 0.15) is 11.9 Å². The average molecular weight is 478 g/mol. The molecule has 5 rings (SSSR count). The van der Waals surface area contributed by atoms with Gasteiger partial charge in [-0.1, -0.05) is 42.5 Å². The molecule has 2 unspecified atom stereocenters. The van der Waals surface area contributed by atoms with Crippen molar-refractivity contribution in [2.75, 3.05) is 19.6 Å². The van der Waals surface area contributed by atoms with E-state index in [4.69, 9.17) is 0 Å². The number of benzene rings is 2. The number of nitrogens with zero attached hydrogens (tertiary/aromatic N) is 3. The summed E-state index contributed by atoms with van der Waals surface area (Å²) in [5, 5.41) is 4.97. The lowest BCUT2D eigenvalue weighted by atomic mass is 10.0. The van der Waals surface area contributed by atoms with Gasteiger partial charge in [-0.3, -0.25) is 14.5 Å². The van der Waals surface area contributed by atoms with E-state index in [1.165, 1.54) is 17.7 Å². The Labute approximate surface area is 205 Å². The van der Waals surface area contributed by atoms with Crippen LogP contribution in [0.4, 0.5) is 4.39 Å². The van der Waals surface area contributed by atoms with E-state index in [-0.39, 0.29) is 42.2 Å². The molecule has 2 saturated heterocycles. The molecule has 3 aliphatic rings. The molecule has 7 nitrogen and oxygen atoms in total. The van der Waals surface area contributed by atoms with Gasteiger partial charge in [0.15, 0.2) is 0 Å². The van der Waals surface area contributed by atoms with Crippen molar-refractivity contribution >= 4 is 11.8 Å². The van der Waals surface area contributed by atoms with Crippen LogP contribution in [-0.2, 0) is 16.1 Å². The van der Waals surface area contributed by atoms with Crippen molar-refractivity contribution in [2.45, 2.75) is 50.4 Å². The second-order valence-electron chi connectivity index (χ2n) is 9.58. The van der Waals surface area contributed by atoms with Gasteiger partial charge in [0, 0.05) is 51.0 Å². The second-order valence-corrected chi connectivity index (χ2v) is 9.58. The highest BCUT2D eigenvalue weighted by Crippen LogP contribution is 2.30. The Balaban J connectivity index is 1.05. The Morgan fingerprint density at radius 3 is 2.51 bits per heavy atom. The predicted octanol–water partition coefficient (Wildman–Crippen LogP) is 2.93. The molecule has 184 valence electrons. The minimum absolute atomic E-state index is 0.0103. The van der Waals surface area contributed by atoms with Gasteiger partial charge in [-0.05, 0) is 42.5 Å². The molecule has 3 aliphatic heterocycles. The van der Waals surface area contributed by atoms with Gasteiger partial charge in [0.25, 0.3) is 5.91 Å². The summed E-state index contributed by atoms with van der Waals surface area (Å²) in [6.45, 7) is 3.24. The van der Waals surface area contributed by atoms with Crippen molar-refractivity contribution in [3.05, 3.63) is 83.9 Å². The van der Waals surface area contributed by atoms with Crippen LogP contribution in [0.15, 0.2) is 67.0 Å². The van der Waals surface area contributed by atoms with Crippen molar-refractivity contribution in [2.24, 2.45) is 0 Å². The lowest BCUT2D eigenvalue weighted by molar-refractivity contribution is -0.134. The molecule has 2 fully saturated rings. The van der Waals surface area contributed by atoms with Gasteiger partial charge in [-0.25, -0.2) is 9.82 Å². The number of hydrazine groups is 1. The molecular formula is C27H32FN5O2. The third kappa shape index (κ3) is 5.71. The summed E-state index contributed by atoms with van der Waals surface area (Å²) in [5.41, 5.74) is 5.57. The number of carbonyl (C=O) groups is 2. The number of halogens is 1. The molecule has 0 spiro atoms. The predicted molar refractivity (Wildman–Crippen MR) is 131 cm³/mol. The van der Waals surface area contributed by atoms with Crippen LogP contribution in [0.5, 0.6) is 0 Å².